The van der Waals surface area contributed by atoms with E-state index in [1.807, 2.05) is 0 Å². The van der Waals surface area contributed by atoms with Gasteiger partial charge in [0.05, 0.1) is 4.99 Å². The van der Waals surface area contributed by atoms with Gasteiger partial charge < -0.3 is 16.2 Å². The molecule has 0 aromatic carbocycles. The van der Waals surface area contributed by atoms with Crippen molar-refractivity contribution in [3.05, 3.63) is 0 Å². The molecule has 0 radical (unpaired) electrons. The van der Waals surface area contributed by atoms with Gasteiger partial charge in [0.2, 0.25) is 0 Å². The number of hydrogen-bond acceptors (Lipinski definition) is 2. The van der Waals surface area contributed by atoms with Gasteiger partial charge in [-0.15, -0.1) is 0 Å². The first-order chi connectivity index (χ1) is 5.59. The summed E-state index contributed by atoms with van der Waals surface area (Å²) >= 11 is 4.82. The van der Waals surface area contributed by atoms with Crippen LogP contribution in [0.4, 0.5) is 4.79 Å². The van der Waals surface area contributed by atoms with E-state index in [1.165, 1.54) is 0 Å². The van der Waals surface area contributed by atoms with Crippen molar-refractivity contribution in [2.24, 2.45) is 11.7 Å². The minimum absolute atomic E-state index is 0.0361. The summed E-state index contributed by atoms with van der Waals surface area (Å²) in [5.74, 6) is 0.219. The second kappa shape index (κ2) is 3.71. The summed E-state index contributed by atoms with van der Waals surface area (Å²) in [6.07, 6.45) is 1.53. The molecule has 0 bridgehead atoms. The Hall–Kier alpha value is -0.840. The van der Waals surface area contributed by atoms with Crippen molar-refractivity contribution < 1.29 is 9.90 Å². The fraction of sp³-hybridized carbons (Fsp3) is 0.714. The SMILES string of the molecule is NC(=S)[C@@H]1CCC(NC(=O)O)C1. The molecule has 1 aliphatic rings. The van der Waals surface area contributed by atoms with Gasteiger partial charge in [-0.3, -0.25) is 0 Å². The van der Waals surface area contributed by atoms with Gasteiger partial charge in [0.15, 0.2) is 0 Å². The third-order valence-electron chi connectivity index (χ3n) is 2.16. The number of thiocarbonyl (C=S) groups is 1. The number of carboxylic acid groups (broad SMARTS) is 1. The summed E-state index contributed by atoms with van der Waals surface area (Å²) < 4.78 is 0. The zero-order chi connectivity index (χ0) is 9.14. The summed E-state index contributed by atoms with van der Waals surface area (Å²) in [7, 11) is 0. The van der Waals surface area contributed by atoms with E-state index in [9.17, 15) is 4.79 Å². The van der Waals surface area contributed by atoms with Gasteiger partial charge in [-0.25, -0.2) is 4.79 Å². The largest absolute Gasteiger partial charge is 0.465 e. The maximum atomic E-state index is 10.3. The van der Waals surface area contributed by atoms with Crippen LogP contribution >= 0.6 is 12.2 Å². The van der Waals surface area contributed by atoms with E-state index in [4.69, 9.17) is 23.1 Å². The third-order valence-corrected chi connectivity index (χ3v) is 2.50. The maximum Gasteiger partial charge on any atom is 0.404 e. The van der Waals surface area contributed by atoms with Crippen LogP contribution in [0.25, 0.3) is 0 Å². The van der Waals surface area contributed by atoms with Gasteiger partial charge >= 0.3 is 6.09 Å². The molecule has 0 heterocycles. The van der Waals surface area contributed by atoms with Crippen LogP contribution < -0.4 is 11.1 Å². The number of carbonyl (C=O) groups is 1. The Kier molecular flexibility index (Phi) is 2.86. The molecular weight excluding hydrogens is 176 g/mol. The number of hydrogen-bond donors (Lipinski definition) is 3. The fourth-order valence-electron chi connectivity index (χ4n) is 1.55. The van der Waals surface area contributed by atoms with Crippen molar-refractivity contribution >= 4 is 23.3 Å². The van der Waals surface area contributed by atoms with Crippen molar-refractivity contribution in [1.29, 1.82) is 0 Å². The third kappa shape index (κ3) is 2.34. The van der Waals surface area contributed by atoms with Crippen LogP contribution in [-0.4, -0.2) is 22.2 Å². The van der Waals surface area contributed by atoms with Crippen LogP contribution in [-0.2, 0) is 0 Å². The summed E-state index contributed by atoms with van der Waals surface area (Å²) in [4.78, 5) is 10.8. The Morgan fingerprint density at radius 3 is 2.67 bits per heavy atom. The minimum Gasteiger partial charge on any atom is -0.465 e. The van der Waals surface area contributed by atoms with Crippen LogP contribution in [0.3, 0.4) is 0 Å². The van der Waals surface area contributed by atoms with Crippen LogP contribution in [0.15, 0.2) is 0 Å². The average Bonchev–Trinajstić information content (AvgIpc) is 2.34. The van der Waals surface area contributed by atoms with Crippen LogP contribution in [0, 0.1) is 5.92 Å². The molecule has 68 valence electrons. The quantitative estimate of drug-likeness (QED) is 0.558. The second-order valence-electron chi connectivity index (χ2n) is 3.06. The molecule has 4 nitrogen and oxygen atoms in total. The first kappa shape index (κ1) is 9.25. The Labute approximate surface area is 76.1 Å². The summed E-state index contributed by atoms with van der Waals surface area (Å²) in [5.41, 5.74) is 5.45. The number of rotatable bonds is 2. The number of amides is 1. The van der Waals surface area contributed by atoms with E-state index >= 15 is 0 Å². The van der Waals surface area contributed by atoms with Crippen molar-refractivity contribution in [1.82, 2.24) is 5.32 Å². The first-order valence-corrected chi connectivity index (χ1v) is 4.29. The van der Waals surface area contributed by atoms with Crippen LogP contribution in [0.5, 0.6) is 0 Å². The molecule has 0 aromatic heterocycles. The fourth-order valence-corrected chi connectivity index (χ4v) is 1.76. The summed E-state index contributed by atoms with van der Waals surface area (Å²) in [6, 6.07) is 0.0361. The highest BCUT2D eigenvalue weighted by Gasteiger charge is 2.27. The van der Waals surface area contributed by atoms with Crippen molar-refractivity contribution in [2.45, 2.75) is 25.3 Å². The molecule has 0 aliphatic heterocycles. The highest BCUT2D eigenvalue weighted by molar-refractivity contribution is 7.80. The first-order valence-electron chi connectivity index (χ1n) is 3.88. The topological polar surface area (TPSA) is 75.3 Å². The van der Waals surface area contributed by atoms with Gasteiger partial charge in [0.1, 0.15) is 0 Å². The Morgan fingerprint density at radius 1 is 1.58 bits per heavy atom. The van der Waals surface area contributed by atoms with E-state index < -0.39 is 6.09 Å². The highest BCUT2D eigenvalue weighted by atomic mass is 32.1. The highest BCUT2D eigenvalue weighted by Crippen LogP contribution is 2.25. The number of nitrogens with one attached hydrogen (secondary N) is 1. The number of nitrogens with two attached hydrogens (primary N) is 1. The summed E-state index contributed by atoms with van der Waals surface area (Å²) in [5, 5.41) is 10.9. The molecule has 5 heteroatoms. The molecule has 1 rings (SSSR count). The lowest BCUT2D eigenvalue weighted by Crippen LogP contribution is -2.32. The molecule has 1 amide bonds. The Balaban J connectivity index is 2.35. The molecule has 0 saturated heterocycles. The van der Waals surface area contributed by atoms with Gasteiger partial charge in [0.25, 0.3) is 0 Å². The molecule has 4 N–H and O–H groups in total. The summed E-state index contributed by atoms with van der Waals surface area (Å²) in [6.45, 7) is 0. The van der Waals surface area contributed by atoms with Gasteiger partial charge in [-0.1, -0.05) is 12.2 Å². The molecule has 12 heavy (non-hydrogen) atoms. The van der Waals surface area contributed by atoms with Gasteiger partial charge in [-0.05, 0) is 19.3 Å². The second-order valence-corrected chi connectivity index (χ2v) is 3.53. The normalized spacial score (nSPS) is 28.3. The van der Waals surface area contributed by atoms with E-state index in [0.717, 1.165) is 19.3 Å². The van der Waals surface area contributed by atoms with E-state index in [-0.39, 0.29) is 12.0 Å². The van der Waals surface area contributed by atoms with E-state index in [2.05, 4.69) is 5.32 Å². The zero-order valence-corrected chi connectivity index (χ0v) is 7.43. The maximum absolute atomic E-state index is 10.3. The monoisotopic (exact) mass is 188 g/mol. The molecule has 0 spiro atoms. The molecule has 1 unspecified atom stereocenters. The van der Waals surface area contributed by atoms with Crippen molar-refractivity contribution in [3.8, 4) is 0 Å². The lowest BCUT2D eigenvalue weighted by atomic mass is 10.1. The lowest BCUT2D eigenvalue weighted by Gasteiger charge is -2.09. The average molecular weight is 188 g/mol. The minimum atomic E-state index is -0.969. The predicted molar refractivity (Wildman–Crippen MR) is 49.1 cm³/mol. The zero-order valence-electron chi connectivity index (χ0n) is 6.62. The smallest absolute Gasteiger partial charge is 0.404 e. The molecule has 1 fully saturated rings. The molecular formula is C7H12N2O2S. The molecule has 2 atom stereocenters. The van der Waals surface area contributed by atoms with Crippen molar-refractivity contribution in [2.75, 3.05) is 0 Å². The Bertz CT molecular complexity index is 208. The van der Waals surface area contributed by atoms with Gasteiger partial charge in [-0.2, -0.15) is 0 Å². The molecule has 0 aromatic rings. The predicted octanol–water partition coefficient (Wildman–Crippen LogP) is 0.709. The lowest BCUT2D eigenvalue weighted by molar-refractivity contribution is 0.190. The van der Waals surface area contributed by atoms with Crippen LogP contribution in [0.1, 0.15) is 19.3 Å². The Morgan fingerprint density at radius 2 is 2.25 bits per heavy atom. The van der Waals surface area contributed by atoms with Crippen LogP contribution in [0.2, 0.25) is 0 Å². The standard InChI is InChI=1S/C7H12N2O2S/c8-6(12)4-1-2-5(3-4)9-7(10)11/h4-5,9H,1-3H2,(H2,8,12)(H,10,11)/t4-,5?/m1/s1. The van der Waals surface area contributed by atoms with E-state index in [1.54, 1.807) is 0 Å². The molecule has 1 aliphatic carbocycles. The van der Waals surface area contributed by atoms with E-state index in [0.29, 0.717) is 4.99 Å². The van der Waals surface area contributed by atoms with Crippen molar-refractivity contribution in [3.63, 3.8) is 0 Å². The van der Waals surface area contributed by atoms with Gasteiger partial charge in [0, 0.05) is 12.0 Å². The molecule has 1 saturated carbocycles.